The number of rotatable bonds is 5. The van der Waals surface area contributed by atoms with Gasteiger partial charge in [0.2, 0.25) is 11.8 Å². The van der Waals surface area contributed by atoms with Crippen LogP contribution < -0.4 is 10.1 Å². The summed E-state index contributed by atoms with van der Waals surface area (Å²) in [4.78, 5) is 27.6. The Hall–Kier alpha value is -2.82. The quantitative estimate of drug-likeness (QED) is 0.900. The number of amides is 2. The van der Waals surface area contributed by atoms with Gasteiger partial charge in [-0.3, -0.25) is 9.59 Å². The summed E-state index contributed by atoms with van der Waals surface area (Å²) in [6, 6.07) is 17.1. The fraction of sp³-hybridized carbons (Fsp3) is 0.333. The monoisotopic (exact) mass is 350 g/mol. The summed E-state index contributed by atoms with van der Waals surface area (Å²) >= 11 is 0. The molecule has 3 aliphatic rings. The molecular formula is C21H22N2O3. The third kappa shape index (κ3) is 2.83. The highest BCUT2D eigenvalue weighted by Crippen LogP contribution is 2.36. The second-order valence-corrected chi connectivity index (χ2v) is 7.07. The van der Waals surface area contributed by atoms with Crippen LogP contribution >= 0.6 is 0 Å². The second-order valence-electron chi connectivity index (χ2n) is 7.07. The molecule has 2 unspecified atom stereocenters. The van der Waals surface area contributed by atoms with Gasteiger partial charge in [0.05, 0.1) is 7.11 Å². The lowest BCUT2D eigenvalue weighted by atomic mass is 9.75. The van der Waals surface area contributed by atoms with Crippen LogP contribution in [0.2, 0.25) is 0 Å². The Morgan fingerprint density at radius 2 is 1.81 bits per heavy atom. The minimum Gasteiger partial charge on any atom is -0.497 e. The van der Waals surface area contributed by atoms with Gasteiger partial charge in [-0.25, -0.2) is 0 Å². The van der Waals surface area contributed by atoms with E-state index in [2.05, 4.69) is 5.32 Å². The van der Waals surface area contributed by atoms with E-state index in [0.29, 0.717) is 25.8 Å². The minimum absolute atomic E-state index is 0.0213. The number of piperidine rings is 2. The Kier molecular flexibility index (Phi) is 4.15. The highest BCUT2D eigenvalue weighted by molar-refractivity contribution is 6.01. The van der Waals surface area contributed by atoms with Crippen molar-refractivity contribution >= 4 is 11.8 Å². The van der Waals surface area contributed by atoms with E-state index < -0.39 is 5.54 Å². The van der Waals surface area contributed by atoms with Crippen LogP contribution in [-0.2, 0) is 22.6 Å². The second kappa shape index (κ2) is 6.48. The number of carbonyl (C=O) groups is 2. The Bertz CT molecular complexity index is 819. The fourth-order valence-electron chi connectivity index (χ4n) is 4.03. The minimum atomic E-state index is -0.820. The molecule has 2 aromatic carbocycles. The van der Waals surface area contributed by atoms with Crippen LogP contribution in [0.5, 0.6) is 5.75 Å². The van der Waals surface area contributed by atoms with E-state index in [-0.39, 0.29) is 17.9 Å². The molecule has 0 saturated carbocycles. The van der Waals surface area contributed by atoms with Gasteiger partial charge < -0.3 is 15.0 Å². The van der Waals surface area contributed by atoms with E-state index in [0.717, 1.165) is 16.9 Å². The maximum atomic E-state index is 13.3. The summed E-state index contributed by atoms with van der Waals surface area (Å²) in [7, 11) is 1.62. The van der Waals surface area contributed by atoms with Crippen molar-refractivity contribution in [2.24, 2.45) is 0 Å². The standard InChI is InChI=1S/C21H22N2O3/c1-26-17-9-7-16(8-10-17)14-23-18-11-12-21(20(23)25,22-19(18)24)13-15-5-3-2-4-6-15/h2-10,18H,11-14H2,1H3,(H,22,24). The van der Waals surface area contributed by atoms with Crippen molar-refractivity contribution in [1.82, 2.24) is 10.2 Å². The molecule has 26 heavy (non-hydrogen) atoms. The average molecular weight is 350 g/mol. The van der Waals surface area contributed by atoms with Crippen molar-refractivity contribution in [3.8, 4) is 5.75 Å². The Labute approximate surface area is 153 Å². The third-order valence-electron chi connectivity index (χ3n) is 5.42. The van der Waals surface area contributed by atoms with E-state index in [1.54, 1.807) is 12.0 Å². The van der Waals surface area contributed by atoms with Gasteiger partial charge in [0.15, 0.2) is 0 Å². The molecule has 3 fully saturated rings. The number of nitrogens with zero attached hydrogens (tertiary/aromatic N) is 1. The molecule has 3 heterocycles. The lowest BCUT2D eigenvalue weighted by Crippen LogP contribution is -2.74. The molecule has 2 aromatic rings. The number of hydrogen-bond acceptors (Lipinski definition) is 3. The summed E-state index contributed by atoms with van der Waals surface area (Å²) in [5, 5.41) is 3.01. The van der Waals surface area contributed by atoms with E-state index in [9.17, 15) is 9.59 Å². The first kappa shape index (κ1) is 16.6. The Morgan fingerprint density at radius 3 is 2.46 bits per heavy atom. The first-order valence-corrected chi connectivity index (χ1v) is 8.91. The van der Waals surface area contributed by atoms with Crippen LogP contribution in [0.4, 0.5) is 0 Å². The summed E-state index contributed by atoms with van der Waals surface area (Å²) in [5.74, 6) is 0.756. The van der Waals surface area contributed by atoms with Crippen molar-refractivity contribution < 1.29 is 14.3 Å². The van der Waals surface area contributed by atoms with Crippen molar-refractivity contribution in [2.75, 3.05) is 7.11 Å². The molecule has 5 rings (SSSR count). The summed E-state index contributed by atoms with van der Waals surface area (Å²) in [6.07, 6.45) is 1.93. The van der Waals surface area contributed by atoms with Crippen molar-refractivity contribution in [3.05, 3.63) is 65.7 Å². The number of carbonyl (C=O) groups excluding carboxylic acids is 2. The van der Waals surface area contributed by atoms with Gasteiger partial charge in [-0.1, -0.05) is 42.5 Å². The van der Waals surface area contributed by atoms with Gasteiger partial charge >= 0.3 is 0 Å². The zero-order chi connectivity index (χ0) is 18.1. The molecule has 134 valence electrons. The average Bonchev–Trinajstić information content (AvgIpc) is 2.66. The van der Waals surface area contributed by atoms with Crippen LogP contribution in [0.15, 0.2) is 54.6 Å². The number of ether oxygens (including phenoxy) is 1. The van der Waals surface area contributed by atoms with Crippen LogP contribution in [0, 0.1) is 0 Å². The van der Waals surface area contributed by atoms with Crippen LogP contribution in [0.3, 0.4) is 0 Å². The number of nitrogens with one attached hydrogen (secondary N) is 1. The summed E-state index contributed by atoms with van der Waals surface area (Å²) in [5.41, 5.74) is 1.24. The molecule has 5 nitrogen and oxygen atoms in total. The van der Waals surface area contributed by atoms with E-state index in [1.807, 2.05) is 54.6 Å². The molecule has 5 heteroatoms. The van der Waals surface area contributed by atoms with Gasteiger partial charge in [0.25, 0.3) is 0 Å². The molecule has 3 saturated heterocycles. The zero-order valence-corrected chi connectivity index (χ0v) is 14.8. The molecule has 0 spiro atoms. The van der Waals surface area contributed by atoms with Crippen LogP contribution in [0.25, 0.3) is 0 Å². The normalized spacial score (nSPS) is 24.5. The van der Waals surface area contributed by atoms with E-state index >= 15 is 0 Å². The molecule has 0 radical (unpaired) electrons. The number of fused-ring (bicyclic) bond motifs is 3. The summed E-state index contributed by atoms with van der Waals surface area (Å²) in [6.45, 7) is 0.442. The molecule has 2 bridgehead atoms. The third-order valence-corrected chi connectivity index (χ3v) is 5.42. The topological polar surface area (TPSA) is 58.6 Å². The predicted octanol–water partition coefficient (Wildman–Crippen LogP) is 2.30. The molecular weight excluding hydrogens is 328 g/mol. The molecule has 0 aromatic heterocycles. The fourth-order valence-corrected chi connectivity index (χ4v) is 4.03. The Balaban J connectivity index is 1.59. The maximum absolute atomic E-state index is 13.3. The predicted molar refractivity (Wildman–Crippen MR) is 97.6 cm³/mol. The smallest absolute Gasteiger partial charge is 0.249 e. The van der Waals surface area contributed by atoms with E-state index in [1.165, 1.54) is 0 Å². The summed E-state index contributed by atoms with van der Waals surface area (Å²) < 4.78 is 5.18. The lowest BCUT2D eigenvalue weighted by molar-refractivity contribution is -0.162. The van der Waals surface area contributed by atoms with Crippen molar-refractivity contribution in [2.45, 2.75) is 37.4 Å². The zero-order valence-electron chi connectivity index (χ0n) is 14.8. The highest BCUT2D eigenvalue weighted by Gasteiger charge is 2.55. The maximum Gasteiger partial charge on any atom is 0.249 e. The molecule has 2 amide bonds. The van der Waals surface area contributed by atoms with E-state index in [4.69, 9.17) is 4.74 Å². The number of hydrogen-bond donors (Lipinski definition) is 1. The molecule has 2 atom stereocenters. The van der Waals surface area contributed by atoms with Crippen LogP contribution in [0.1, 0.15) is 24.0 Å². The molecule has 0 aliphatic carbocycles. The molecule has 3 aliphatic heterocycles. The number of methoxy groups -OCH3 is 1. The first-order valence-electron chi connectivity index (χ1n) is 8.91. The van der Waals surface area contributed by atoms with Crippen LogP contribution in [-0.4, -0.2) is 35.4 Å². The van der Waals surface area contributed by atoms with Gasteiger partial charge in [-0.15, -0.1) is 0 Å². The van der Waals surface area contributed by atoms with Gasteiger partial charge in [-0.05, 0) is 36.1 Å². The number of benzene rings is 2. The first-order chi connectivity index (χ1) is 12.6. The number of piperazine rings is 1. The SMILES string of the molecule is COc1ccc(CN2C(=O)C3(Cc4ccccc4)CCC2C(=O)N3)cc1. The lowest BCUT2D eigenvalue weighted by Gasteiger charge is -2.51. The molecule has 1 N–H and O–H groups in total. The van der Waals surface area contributed by atoms with Gasteiger partial charge in [0, 0.05) is 13.0 Å². The van der Waals surface area contributed by atoms with Crippen molar-refractivity contribution in [1.29, 1.82) is 0 Å². The highest BCUT2D eigenvalue weighted by atomic mass is 16.5. The largest absolute Gasteiger partial charge is 0.497 e. The van der Waals surface area contributed by atoms with Gasteiger partial charge in [-0.2, -0.15) is 0 Å². The van der Waals surface area contributed by atoms with Gasteiger partial charge in [0.1, 0.15) is 17.3 Å². The van der Waals surface area contributed by atoms with Crippen molar-refractivity contribution in [3.63, 3.8) is 0 Å². The Morgan fingerprint density at radius 1 is 1.08 bits per heavy atom.